The van der Waals surface area contributed by atoms with Gasteiger partial charge in [-0.3, -0.25) is 14.7 Å². The fourth-order valence-electron chi connectivity index (χ4n) is 3.37. The third-order valence-electron chi connectivity index (χ3n) is 4.69. The molecule has 1 aromatic carbocycles. The number of nitrogens with zero attached hydrogens (tertiary/aromatic N) is 2. The molecule has 1 atom stereocenters. The standard InChI is InChI=1S/C20H24ClN3O/c21-18-12-17(13-22-14-18)20(25)23-15-19(16-8-4-3-5-9-16)24-10-6-1-2-7-11-24/h3-5,8-9,12-14,19H,1-2,6-7,10-11,15H2,(H,23,25)/t19-/m0/s1. The molecule has 132 valence electrons. The maximum absolute atomic E-state index is 12.5. The van der Waals surface area contributed by atoms with E-state index in [1.54, 1.807) is 12.3 Å². The summed E-state index contributed by atoms with van der Waals surface area (Å²) in [6.07, 6.45) is 8.09. The molecule has 25 heavy (non-hydrogen) atoms. The topological polar surface area (TPSA) is 45.2 Å². The molecule has 4 nitrogen and oxygen atoms in total. The van der Waals surface area contributed by atoms with Gasteiger partial charge >= 0.3 is 0 Å². The first kappa shape index (κ1) is 17.9. The van der Waals surface area contributed by atoms with E-state index in [0.29, 0.717) is 17.1 Å². The normalized spacial score (nSPS) is 16.8. The predicted molar refractivity (Wildman–Crippen MR) is 101 cm³/mol. The van der Waals surface area contributed by atoms with Crippen molar-refractivity contribution in [1.29, 1.82) is 0 Å². The van der Waals surface area contributed by atoms with Gasteiger partial charge in [0.25, 0.3) is 5.91 Å². The van der Waals surface area contributed by atoms with E-state index in [0.717, 1.165) is 13.1 Å². The van der Waals surface area contributed by atoms with Gasteiger partial charge in [0.2, 0.25) is 0 Å². The van der Waals surface area contributed by atoms with Gasteiger partial charge < -0.3 is 5.32 Å². The molecule has 1 fully saturated rings. The summed E-state index contributed by atoms with van der Waals surface area (Å²) < 4.78 is 0. The highest BCUT2D eigenvalue weighted by atomic mass is 35.5. The second-order valence-corrected chi connectivity index (χ2v) is 6.91. The van der Waals surface area contributed by atoms with E-state index in [9.17, 15) is 4.79 Å². The number of hydrogen-bond donors (Lipinski definition) is 1. The molecule has 1 aliphatic heterocycles. The summed E-state index contributed by atoms with van der Waals surface area (Å²) in [7, 11) is 0. The first-order valence-corrected chi connectivity index (χ1v) is 9.29. The lowest BCUT2D eigenvalue weighted by Gasteiger charge is -2.31. The zero-order valence-corrected chi connectivity index (χ0v) is 15.1. The number of rotatable bonds is 5. The summed E-state index contributed by atoms with van der Waals surface area (Å²) in [5.74, 6) is -0.134. The summed E-state index contributed by atoms with van der Waals surface area (Å²) in [5, 5.41) is 3.54. The number of hydrogen-bond acceptors (Lipinski definition) is 3. The molecular weight excluding hydrogens is 334 g/mol. The van der Waals surface area contributed by atoms with Gasteiger partial charge in [-0.1, -0.05) is 54.8 Å². The van der Waals surface area contributed by atoms with Gasteiger partial charge in [0.1, 0.15) is 0 Å². The van der Waals surface area contributed by atoms with Crippen LogP contribution in [0.1, 0.15) is 47.6 Å². The van der Waals surface area contributed by atoms with Crippen molar-refractivity contribution in [2.24, 2.45) is 0 Å². The predicted octanol–water partition coefficient (Wildman–Crippen LogP) is 4.08. The number of benzene rings is 1. The number of carbonyl (C=O) groups is 1. The van der Waals surface area contributed by atoms with E-state index in [-0.39, 0.29) is 11.9 Å². The largest absolute Gasteiger partial charge is 0.350 e. The minimum absolute atomic E-state index is 0.134. The number of halogens is 1. The van der Waals surface area contributed by atoms with Crippen LogP contribution in [0.3, 0.4) is 0 Å². The summed E-state index contributed by atoms with van der Waals surface area (Å²) in [6, 6.07) is 12.3. The van der Waals surface area contributed by atoms with E-state index in [1.807, 2.05) is 6.07 Å². The summed E-state index contributed by atoms with van der Waals surface area (Å²) in [6.45, 7) is 2.73. The van der Waals surface area contributed by atoms with Crippen molar-refractivity contribution < 1.29 is 4.79 Å². The quantitative estimate of drug-likeness (QED) is 0.876. The Kier molecular flexibility index (Phi) is 6.42. The zero-order valence-electron chi connectivity index (χ0n) is 14.3. The lowest BCUT2D eigenvalue weighted by atomic mass is 10.0. The molecule has 5 heteroatoms. The zero-order chi connectivity index (χ0) is 17.5. The Morgan fingerprint density at radius 2 is 1.84 bits per heavy atom. The maximum atomic E-state index is 12.5. The number of nitrogens with one attached hydrogen (secondary N) is 1. The number of aromatic nitrogens is 1. The Morgan fingerprint density at radius 1 is 1.12 bits per heavy atom. The van der Waals surface area contributed by atoms with Crippen molar-refractivity contribution in [2.45, 2.75) is 31.7 Å². The van der Waals surface area contributed by atoms with Gasteiger partial charge in [0.05, 0.1) is 16.6 Å². The summed E-state index contributed by atoms with van der Waals surface area (Å²) in [5.41, 5.74) is 1.74. The van der Waals surface area contributed by atoms with Crippen LogP contribution in [0, 0.1) is 0 Å². The minimum atomic E-state index is -0.134. The van der Waals surface area contributed by atoms with Crippen LogP contribution in [0.25, 0.3) is 0 Å². The van der Waals surface area contributed by atoms with Crippen molar-refractivity contribution in [2.75, 3.05) is 19.6 Å². The van der Waals surface area contributed by atoms with E-state index >= 15 is 0 Å². The van der Waals surface area contributed by atoms with Crippen LogP contribution in [0.4, 0.5) is 0 Å². The second kappa shape index (κ2) is 8.97. The van der Waals surface area contributed by atoms with Gasteiger partial charge in [-0.2, -0.15) is 0 Å². The van der Waals surface area contributed by atoms with Gasteiger partial charge in [-0.05, 0) is 37.6 Å². The van der Waals surface area contributed by atoms with Crippen LogP contribution in [-0.2, 0) is 0 Å². The average Bonchev–Trinajstić information content (AvgIpc) is 2.92. The fourth-order valence-corrected chi connectivity index (χ4v) is 3.54. The average molecular weight is 358 g/mol. The second-order valence-electron chi connectivity index (χ2n) is 6.48. The fraction of sp³-hybridized carbons (Fsp3) is 0.400. The molecule has 0 radical (unpaired) electrons. The van der Waals surface area contributed by atoms with Crippen LogP contribution >= 0.6 is 11.6 Å². The summed E-state index contributed by atoms with van der Waals surface area (Å²) >= 11 is 5.94. The Balaban J connectivity index is 1.72. The van der Waals surface area contributed by atoms with Crippen LogP contribution < -0.4 is 5.32 Å². The first-order chi connectivity index (χ1) is 12.2. The minimum Gasteiger partial charge on any atom is -0.350 e. The highest BCUT2D eigenvalue weighted by Gasteiger charge is 2.22. The van der Waals surface area contributed by atoms with Gasteiger partial charge in [0.15, 0.2) is 0 Å². The maximum Gasteiger partial charge on any atom is 0.252 e. The van der Waals surface area contributed by atoms with Crippen LogP contribution in [0.5, 0.6) is 0 Å². The molecular formula is C20H24ClN3O. The molecule has 2 aromatic rings. The van der Waals surface area contributed by atoms with Crippen molar-refractivity contribution in [3.63, 3.8) is 0 Å². The van der Waals surface area contributed by atoms with Crippen LogP contribution in [0.2, 0.25) is 5.02 Å². The molecule has 3 rings (SSSR count). The van der Waals surface area contributed by atoms with E-state index in [4.69, 9.17) is 11.6 Å². The number of amides is 1. The Bertz CT molecular complexity index is 684. The lowest BCUT2D eigenvalue weighted by Crippen LogP contribution is -2.38. The first-order valence-electron chi connectivity index (χ1n) is 8.92. The smallest absolute Gasteiger partial charge is 0.252 e. The summed E-state index contributed by atoms with van der Waals surface area (Å²) in [4.78, 5) is 18.9. The Morgan fingerprint density at radius 3 is 2.52 bits per heavy atom. The van der Waals surface area contributed by atoms with E-state index in [1.165, 1.54) is 37.4 Å². The third kappa shape index (κ3) is 5.03. The third-order valence-corrected chi connectivity index (χ3v) is 4.90. The van der Waals surface area contributed by atoms with Crippen LogP contribution in [0.15, 0.2) is 48.8 Å². The molecule has 0 unspecified atom stereocenters. The molecule has 0 spiro atoms. The SMILES string of the molecule is O=C(NC[C@@H](c1ccccc1)N1CCCCCC1)c1cncc(Cl)c1. The molecule has 1 N–H and O–H groups in total. The highest BCUT2D eigenvalue weighted by Crippen LogP contribution is 2.24. The van der Waals surface area contributed by atoms with Crippen molar-refractivity contribution in [1.82, 2.24) is 15.2 Å². The number of pyridine rings is 1. The molecule has 1 aromatic heterocycles. The molecule has 1 amide bonds. The molecule has 2 heterocycles. The van der Waals surface area contributed by atoms with Crippen LogP contribution in [-0.4, -0.2) is 35.4 Å². The van der Waals surface area contributed by atoms with E-state index in [2.05, 4.69) is 39.5 Å². The molecule has 0 aliphatic carbocycles. The highest BCUT2D eigenvalue weighted by molar-refractivity contribution is 6.30. The number of likely N-dealkylation sites (tertiary alicyclic amines) is 1. The Hall–Kier alpha value is -1.91. The molecule has 1 aliphatic rings. The number of carbonyl (C=O) groups excluding carboxylic acids is 1. The van der Waals surface area contributed by atoms with Crippen molar-refractivity contribution in [3.8, 4) is 0 Å². The molecule has 0 saturated carbocycles. The molecule has 1 saturated heterocycles. The van der Waals surface area contributed by atoms with Crippen molar-refractivity contribution >= 4 is 17.5 Å². The Labute approximate surface area is 154 Å². The van der Waals surface area contributed by atoms with Gasteiger partial charge in [0, 0.05) is 18.9 Å². The van der Waals surface area contributed by atoms with Crippen molar-refractivity contribution in [3.05, 3.63) is 64.9 Å². The lowest BCUT2D eigenvalue weighted by molar-refractivity contribution is 0.0933. The monoisotopic (exact) mass is 357 g/mol. The van der Waals surface area contributed by atoms with Gasteiger partial charge in [-0.15, -0.1) is 0 Å². The molecule has 0 bridgehead atoms. The van der Waals surface area contributed by atoms with E-state index < -0.39 is 0 Å². The van der Waals surface area contributed by atoms with Gasteiger partial charge in [-0.25, -0.2) is 0 Å².